The maximum atomic E-state index is 17.0. The zero-order valence-electron chi connectivity index (χ0n) is 31.8. The monoisotopic (exact) mass is 724 g/mol. The zero-order chi connectivity index (χ0) is 37.5. The van der Waals surface area contributed by atoms with Gasteiger partial charge in [-0.3, -0.25) is 4.98 Å². The number of phenols is 1. The van der Waals surface area contributed by atoms with Crippen LogP contribution in [0.2, 0.25) is 16.6 Å². The van der Waals surface area contributed by atoms with Gasteiger partial charge in [0.15, 0.2) is 11.5 Å². The minimum Gasteiger partial charge on any atom is -0.508 e. The summed E-state index contributed by atoms with van der Waals surface area (Å²) < 4.78 is 32.9. The third-order valence-electron chi connectivity index (χ3n) is 10.7. The van der Waals surface area contributed by atoms with Gasteiger partial charge in [-0.15, -0.1) is 5.54 Å². The number of fused-ring (bicyclic) bond motifs is 3. The summed E-state index contributed by atoms with van der Waals surface area (Å²) in [6.07, 6.45) is 1.58. The second-order valence-electron chi connectivity index (χ2n) is 15.2. The summed E-state index contributed by atoms with van der Waals surface area (Å²) in [5.74, 6) is 3.26. The number of aromatic nitrogens is 4. The molecule has 0 spiro atoms. The van der Waals surface area contributed by atoms with E-state index in [1.54, 1.807) is 18.3 Å². The van der Waals surface area contributed by atoms with Crippen molar-refractivity contribution in [2.24, 2.45) is 0 Å². The fourth-order valence-electron chi connectivity index (χ4n) is 7.88. The maximum absolute atomic E-state index is 17.0. The molecule has 2 aromatic carbocycles. The molecule has 3 aromatic heterocycles. The smallest absolute Gasteiger partial charge is 0.229 e. The maximum Gasteiger partial charge on any atom is 0.229 e. The van der Waals surface area contributed by atoms with Crippen LogP contribution in [0.3, 0.4) is 0 Å². The topological polar surface area (TPSA) is 93.5 Å². The molecular formula is C40H50F2N8OSi. The summed E-state index contributed by atoms with van der Waals surface area (Å²) in [7, 11) is 3.73. The molecule has 5 aromatic rings. The highest BCUT2D eigenvalue weighted by Gasteiger charge is 2.42. The number of benzene rings is 2. The lowest BCUT2D eigenvalue weighted by molar-refractivity contribution is 0.415. The Morgan fingerprint density at radius 2 is 1.60 bits per heavy atom. The van der Waals surface area contributed by atoms with Crippen LogP contribution in [0.15, 0.2) is 36.5 Å². The quantitative estimate of drug-likeness (QED) is 0.0920. The van der Waals surface area contributed by atoms with E-state index in [4.69, 9.17) is 15.0 Å². The van der Waals surface area contributed by atoms with E-state index >= 15 is 8.78 Å². The minimum atomic E-state index is -2.24. The molecule has 9 nitrogen and oxygen atoms in total. The number of nitrogens with one attached hydrogen (secondary N) is 1. The number of pyridine rings is 2. The Morgan fingerprint density at radius 3 is 2.25 bits per heavy atom. The average molecular weight is 725 g/mol. The highest BCUT2D eigenvalue weighted by Crippen LogP contribution is 2.42. The first-order valence-corrected chi connectivity index (χ1v) is 20.4. The van der Waals surface area contributed by atoms with Crippen LogP contribution in [0.5, 0.6) is 5.75 Å². The van der Waals surface area contributed by atoms with Crippen molar-refractivity contribution in [1.82, 2.24) is 30.2 Å². The van der Waals surface area contributed by atoms with Crippen LogP contribution in [-0.2, 0) is 0 Å². The third kappa shape index (κ3) is 6.89. The summed E-state index contributed by atoms with van der Waals surface area (Å²) in [5, 5.41) is 16.4. The SMILES string of the molecule is CC(C)[Si](C#Cc1c(F)ccc2cc(O)cc(-c3ncc4cc5c(N6CCNCC6)nc(N(C)CCN(C)C)nc5nc4c3F)c12)(C(C)C)C(C)C. The molecule has 0 saturated carbocycles. The molecule has 1 aliphatic rings. The second-order valence-corrected chi connectivity index (χ2v) is 20.8. The van der Waals surface area contributed by atoms with Crippen molar-refractivity contribution in [2.75, 3.05) is 70.2 Å². The fraction of sp³-hybridized carbons (Fsp3) is 0.450. The second kappa shape index (κ2) is 14.9. The van der Waals surface area contributed by atoms with Crippen molar-refractivity contribution in [3.63, 3.8) is 0 Å². The number of hydrogen-bond acceptors (Lipinski definition) is 9. The highest BCUT2D eigenvalue weighted by atomic mass is 28.3. The molecule has 12 heteroatoms. The van der Waals surface area contributed by atoms with Gasteiger partial charge in [0, 0.05) is 68.8 Å². The van der Waals surface area contributed by atoms with E-state index in [0.717, 1.165) is 38.5 Å². The van der Waals surface area contributed by atoms with Crippen LogP contribution in [0.25, 0.3) is 44.0 Å². The third-order valence-corrected chi connectivity index (χ3v) is 16.9. The fourth-order valence-corrected chi connectivity index (χ4v) is 13.1. The number of halogens is 2. The van der Waals surface area contributed by atoms with Crippen LogP contribution < -0.4 is 15.1 Å². The Balaban J connectivity index is 1.58. The molecule has 1 saturated heterocycles. The number of piperazine rings is 1. The molecule has 0 radical (unpaired) electrons. The summed E-state index contributed by atoms with van der Waals surface area (Å²) in [4.78, 5) is 25.5. The average Bonchev–Trinajstić information content (AvgIpc) is 3.10. The van der Waals surface area contributed by atoms with Crippen molar-refractivity contribution in [3.8, 4) is 28.5 Å². The van der Waals surface area contributed by atoms with E-state index in [2.05, 4.69) is 73.1 Å². The Bertz CT molecular complexity index is 2170. The van der Waals surface area contributed by atoms with E-state index in [1.165, 1.54) is 12.1 Å². The van der Waals surface area contributed by atoms with E-state index in [-0.39, 0.29) is 28.1 Å². The van der Waals surface area contributed by atoms with Crippen LogP contribution in [0.4, 0.5) is 20.5 Å². The van der Waals surface area contributed by atoms with Gasteiger partial charge in [0.2, 0.25) is 5.95 Å². The normalized spacial score (nSPS) is 14.0. The van der Waals surface area contributed by atoms with Gasteiger partial charge in [0.25, 0.3) is 0 Å². The Kier molecular flexibility index (Phi) is 10.7. The molecule has 1 aliphatic heterocycles. The zero-order valence-corrected chi connectivity index (χ0v) is 32.8. The molecular weight excluding hydrogens is 675 g/mol. The van der Waals surface area contributed by atoms with Crippen molar-refractivity contribution < 1.29 is 13.9 Å². The van der Waals surface area contributed by atoms with Gasteiger partial charge in [-0.2, -0.15) is 9.97 Å². The molecule has 1 fully saturated rings. The molecule has 0 bridgehead atoms. The van der Waals surface area contributed by atoms with Gasteiger partial charge >= 0.3 is 0 Å². The van der Waals surface area contributed by atoms with E-state index in [1.807, 2.05) is 32.1 Å². The molecule has 0 aliphatic carbocycles. The molecule has 0 atom stereocenters. The van der Waals surface area contributed by atoms with Crippen LogP contribution >= 0.6 is 0 Å². The van der Waals surface area contributed by atoms with Crippen molar-refractivity contribution >= 4 is 52.5 Å². The number of rotatable bonds is 9. The molecule has 274 valence electrons. The van der Waals surface area contributed by atoms with E-state index < -0.39 is 19.7 Å². The van der Waals surface area contributed by atoms with Crippen molar-refractivity contribution in [3.05, 3.63) is 53.7 Å². The van der Waals surface area contributed by atoms with Gasteiger partial charge in [-0.25, -0.2) is 13.8 Å². The number of nitrogens with zero attached hydrogens (tertiary/aromatic N) is 7. The molecule has 6 rings (SSSR count). The van der Waals surface area contributed by atoms with E-state index in [9.17, 15) is 5.11 Å². The van der Waals surface area contributed by atoms with Crippen LogP contribution in [0.1, 0.15) is 47.1 Å². The molecule has 2 N–H and O–H groups in total. The largest absolute Gasteiger partial charge is 0.508 e. The first-order valence-electron chi connectivity index (χ1n) is 18.2. The lowest BCUT2D eigenvalue weighted by Gasteiger charge is -2.38. The van der Waals surface area contributed by atoms with Crippen molar-refractivity contribution in [1.29, 1.82) is 0 Å². The number of phenolic OH excluding ortho intramolecular Hbond substituents is 1. The first kappa shape index (κ1) is 37.3. The predicted octanol–water partition coefficient (Wildman–Crippen LogP) is 7.35. The number of hydrogen-bond donors (Lipinski definition) is 2. The summed E-state index contributed by atoms with van der Waals surface area (Å²) in [6, 6.07) is 7.79. The Labute approximate surface area is 306 Å². The lowest BCUT2D eigenvalue weighted by Crippen LogP contribution is -2.44. The van der Waals surface area contributed by atoms with Gasteiger partial charge in [0.05, 0.1) is 10.9 Å². The van der Waals surface area contributed by atoms with Gasteiger partial charge in [-0.05, 0) is 60.4 Å². The van der Waals surface area contributed by atoms with Gasteiger partial charge in [-0.1, -0.05) is 53.5 Å². The first-order chi connectivity index (χ1) is 24.7. The lowest BCUT2D eigenvalue weighted by atomic mass is 9.95. The van der Waals surface area contributed by atoms with Gasteiger partial charge < -0.3 is 25.1 Å². The molecule has 4 heterocycles. The predicted molar refractivity (Wildman–Crippen MR) is 212 cm³/mol. The molecule has 0 unspecified atom stereocenters. The van der Waals surface area contributed by atoms with Crippen LogP contribution in [-0.4, -0.2) is 98.4 Å². The van der Waals surface area contributed by atoms with Crippen molar-refractivity contribution in [2.45, 2.75) is 58.2 Å². The molecule has 52 heavy (non-hydrogen) atoms. The van der Waals surface area contributed by atoms with Crippen LogP contribution in [0, 0.1) is 23.1 Å². The minimum absolute atomic E-state index is 0.0475. The molecule has 0 amide bonds. The Morgan fingerprint density at radius 1 is 0.904 bits per heavy atom. The van der Waals surface area contributed by atoms with Gasteiger partial charge in [0.1, 0.15) is 36.7 Å². The summed E-state index contributed by atoms with van der Waals surface area (Å²) in [5.41, 5.74) is 5.48. The van der Waals surface area contributed by atoms with E-state index in [0.29, 0.717) is 56.3 Å². The Hall–Kier alpha value is -4.44. The highest BCUT2D eigenvalue weighted by molar-refractivity contribution is 6.90. The number of likely N-dealkylation sites (N-methyl/N-ethyl adjacent to an activating group) is 2. The number of aromatic hydroxyl groups is 1. The number of anilines is 2. The summed E-state index contributed by atoms with van der Waals surface area (Å²) >= 11 is 0. The summed E-state index contributed by atoms with van der Waals surface area (Å²) in [6.45, 7) is 17.9. The standard InChI is InChI=1S/C40H50F2N8OSi/c1-24(2)52(25(3)4,26(5)6)19-12-30-33(41)11-10-27-20-29(51)22-31(34(27)30)37-35(42)36-28(23-44-37)21-32-38(45-36)46-40(49(9)18-17-48(7)8)47-39(32)50-15-13-43-14-16-50/h10-11,20-26,43,51H,13-18H2,1-9H3.